The molecule has 0 radical (unpaired) electrons. The molecule has 3 fully saturated rings. The standard InChI is InChI=1S/C18H34O7Si/c19-26(7-1-4-20-10-16-13-23-16,8-2-5-21-11-17-14-24-17)9-3-6-22-12-18-15-25-18/h16-19H,1-15H2. The monoisotopic (exact) mass is 390 g/mol. The summed E-state index contributed by atoms with van der Waals surface area (Å²) in [6.07, 6.45) is 3.69. The maximum absolute atomic E-state index is 11.2. The van der Waals surface area contributed by atoms with Gasteiger partial charge in [-0.25, -0.2) is 0 Å². The maximum Gasteiger partial charge on any atom is 0.188 e. The van der Waals surface area contributed by atoms with E-state index in [-0.39, 0.29) is 0 Å². The molecule has 0 aromatic heterocycles. The molecular weight excluding hydrogens is 356 g/mol. The fraction of sp³-hybridized carbons (Fsp3) is 1.00. The Hall–Kier alpha value is -0.0631. The van der Waals surface area contributed by atoms with E-state index < -0.39 is 8.32 Å². The quantitative estimate of drug-likeness (QED) is 0.215. The number of rotatable bonds is 18. The molecule has 1 N–H and O–H groups in total. The van der Waals surface area contributed by atoms with Crippen molar-refractivity contribution in [3.63, 3.8) is 0 Å². The third kappa shape index (κ3) is 9.75. The lowest BCUT2D eigenvalue weighted by molar-refractivity contribution is 0.113. The van der Waals surface area contributed by atoms with Gasteiger partial charge in [0.25, 0.3) is 0 Å². The average molecular weight is 391 g/mol. The van der Waals surface area contributed by atoms with Gasteiger partial charge in [-0.05, 0) is 37.4 Å². The molecule has 3 heterocycles. The first-order valence-electron chi connectivity index (χ1n) is 10.0. The summed E-state index contributed by atoms with van der Waals surface area (Å²) >= 11 is 0. The van der Waals surface area contributed by atoms with Crippen LogP contribution in [0.15, 0.2) is 0 Å². The highest BCUT2D eigenvalue weighted by Crippen LogP contribution is 2.24. The van der Waals surface area contributed by atoms with Crippen molar-refractivity contribution in [1.82, 2.24) is 0 Å². The molecule has 152 valence electrons. The Morgan fingerprint density at radius 3 is 1.23 bits per heavy atom. The van der Waals surface area contributed by atoms with E-state index >= 15 is 0 Å². The summed E-state index contributed by atoms with van der Waals surface area (Å²) in [7, 11) is -2.27. The van der Waals surface area contributed by atoms with E-state index in [0.717, 1.165) is 57.2 Å². The highest BCUT2D eigenvalue weighted by atomic mass is 28.4. The minimum atomic E-state index is -2.27. The molecule has 3 saturated heterocycles. The molecule has 3 rings (SSSR count). The van der Waals surface area contributed by atoms with Gasteiger partial charge in [0, 0.05) is 19.8 Å². The van der Waals surface area contributed by atoms with Crippen molar-refractivity contribution >= 4 is 8.32 Å². The van der Waals surface area contributed by atoms with Crippen LogP contribution in [0.3, 0.4) is 0 Å². The van der Waals surface area contributed by atoms with Gasteiger partial charge in [-0.1, -0.05) is 0 Å². The summed E-state index contributed by atoms with van der Waals surface area (Å²) < 4.78 is 32.3. The Bertz CT molecular complexity index is 331. The fourth-order valence-electron chi connectivity index (χ4n) is 3.02. The summed E-state index contributed by atoms with van der Waals surface area (Å²) in [6.45, 7) is 6.68. The van der Waals surface area contributed by atoms with Gasteiger partial charge in [-0.3, -0.25) is 0 Å². The van der Waals surface area contributed by atoms with Crippen molar-refractivity contribution < 1.29 is 33.2 Å². The predicted octanol–water partition coefficient (Wildman–Crippen LogP) is 1.34. The Kier molecular flexibility index (Phi) is 8.79. The fourth-order valence-corrected chi connectivity index (χ4v) is 6.18. The van der Waals surface area contributed by atoms with Crippen molar-refractivity contribution in [1.29, 1.82) is 0 Å². The molecule has 0 aliphatic carbocycles. The molecule has 8 heteroatoms. The summed E-state index contributed by atoms with van der Waals surface area (Å²) in [5, 5.41) is 0. The zero-order valence-corrected chi connectivity index (χ0v) is 16.7. The van der Waals surface area contributed by atoms with E-state index in [2.05, 4.69) is 0 Å². The maximum atomic E-state index is 11.2. The van der Waals surface area contributed by atoms with E-state index in [0.29, 0.717) is 58.0 Å². The van der Waals surface area contributed by atoms with E-state index in [1.165, 1.54) is 0 Å². The van der Waals surface area contributed by atoms with Gasteiger partial charge in [-0.15, -0.1) is 0 Å². The highest BCUT2D eigenvalue weighted by Gasteiger charge is 2.30. The lowest BCUT2D eigenvalue weighted by Gasteiger charge is -2.25. The lowest BCUT2D eigenvalue weighted by atomic mass is 10.5. The van der Waals surface area contributed by atoms with E-state index in [9.17, 15) is 4.80 Å². The van der Waals surface area contributed by atoms with Crippen molar-refractivity contribution in [2.24, 2.45) is 0 Å². The third-order valence-corrected chi connectivity index (χ3v) is 8.76. The summed E-state index contributed by atoms with van der Waals surface area (Å²) in [5.74, 6) is 0. The minimum Gasteiger partial charge on any atom is -0.432 e. The van der Waals surface area contributed by atoms with Crippen LogP contribution in [0.25, 0.3) is 0 Å². The Morgan fingerprint density at radius 1 is 0.654 bits per heavy atom. The molecule has 3 atom stereocenters. The largest absolute Gasteiger partial charge is 0.432 e. The molecule has 0 aromatic rings. The second kappa shape index (κ2) is 11.1. The Morgan fingerprint density at radius 2 is 0.962 bits per heavy atom. The van der Waals surface area contributed by atoms with Gasteiger partial charge in [0.2, 0.25) is 0 Å². The molecule has 0 saturated carbocycles. The molecule has 0 spiro atoms. The van der Waals surface area contributed by atoms with Crippen LogP contribution < -0.4 is 0 Å². The van der Waals surface area contributed by atoms with Crippen LogP contribution in [-0.4, -0.2) is 90.9 Å². The molecular formula is C18H34O7Si. The van der Waals surface area contributed by atoms with Crippen LogP contribution in [0, 0.1) is 0 Å². The topological polar surface area (TPSA) is 85.5 Å². The first kappa shape index (κ1) is 20.7. The molecule has 26 heavy (non-hydrogen) atoms. The number of epoxide rings is 3. The van der Waals surface area contributed by atoms with E-state index in [1.807, 2.05) is 0 Å². The van der Waals surface area contributed by atoms with Gasteiger partial charge >= 0.3 is 0 Å². The number of hydrogen-bond acceptors (Lipinski definition) is 7. The lowest BCUT2D eigenvalue weighted by Crippen LogP contribution is -2.35. The summed E-state index contributed by atoms with van der Waals surface area (Å²) in [4.78, 5) is 11.2. The summed E-state index contributed by atoms with van der Waals surface area (Å²) in [5.41, 5.74) is 0. The first-order valence-corrected chi connectivity index (χ1v) is 12.6. The predicted molar refractivity (Wildman–Crippen MR) is 97.9 cm³/mol. The van der Waals surface area contributed by atoms with Crippen LogP contribution in [0.5, 0.6) is 0 Å². The minimum absolute atomic E-state index is 0.311. The van der Waals surface area contributed by atoms with Gasteiger partial charge < -0.3 is 33.2 Å². The molecule has 3 unspecified atom stereocenters. The highest BCUT2D eigenvalue weighted by molar-refractivity contribution is 6.72. The second-order valence-corrected chi connectivity index (χ2v) is 11.6. The summed E-state index contributed by atoms with van der Waals surface area (Å²) in [6, 6.07) is 2.65. The Labute approximate surface area is 157 Å². The van der Waals surface area contributed by atoms with Crippen molar-refractivity contribution in [3.05, 3.63) is 0 Å². The van der Waals surface area contributed by atoms with Gasteiger partial charge in [0.05, 0.1) is 39.6 Å². The van der Waals surface area contributed by atoms with Crippen LogP contribution in [0.1, 0.15) is 19.3 Å². The van der Waals surface area contributed by atoms with Crippen molar-refractivity contribution in [2.75, 3.05) is 59.5 Å². The average Bonchev–Trinajstić information content (AvgIpc) is 3.46. The zero-order chi connectivity index (χ0) is 18.1. The van der Waals surface area contributed by atoms with Crippen LogP contribution >= 0.6 is 0 Å². The van der Waals surface area contributed by atoms with E-state index in [1.54, 1.807) is 0 Å². The van der Waals surface area contributed by atoms with Crippen LogP contribution in [0.2, 0.25) is 18.1 Å². The van der Waals surface area contributed by atoms with Crippen LogP contribution in [0.4, 0.5) is 0 Å². The van der Waals surface area contributed by atoms with Crippen LogP contribution in [-0.2, 0) is 28.4 Å². The normalized spacial score (nSPS) is 28.7. The van der Waals surface area contributed by atoms with Gasteiger partial charge in [0.15, 0.2) is 8.32 Å². The molecule has 7 nitrogen and oxygen atoms in total. The molecule has 3 aliphatic rings. The molecule has 3 aliphatic heterocycles. The molecule has 0 bridgehead atoms. The van der Waals surface area contributed by atoms with Gasteiger partial charge in [-0.2, -0.15) is 0 Å². The first-order chi connectivity index (χ1) is 12.7. The van der Waals surface area contributed by atoms with Gasteiger partial charge in [0.1, 0.15) is 18.3 Å². The molecule has 0 amide bonds. The number of ether oxygens (including phenoxy) is 6. The third-order valence-electron chi connectivity index (χ3n) is 4.91. The Balaban J connectivity index is 1.25. The zero-order valence-electron chi connectivity index (χ0n) is 15.7. The SMILES string of the molecule is O[Si](CCCOCC1CO1)(CCCOCC1CO1)CCCOCC1CO1. The van der Waals surface area contributed by atoms with E-state index in [4.69, 9.17) is 28.4 Å². The van der Waals surface area contributed by atoms with Crippen molar-refractivity contribution in [3.8, 4) is 0 Å². The molecule has 0 aromatic carbocycles. The smallest absolute Gasteiger partial charge is 0.188 e. The van der Waals surface area contributed by atoms with Crippen molar-refractivity contribution in [2.45, 2.75) is 55.7 Å². The second-order valence-electron chi connectivity index (χ2n) is 7.63. The number of hydrogen-bond donors (Lipinski definition) is 1.